The van der Waals surface area contributed by atoms with Gasteiger partial charge in [0.1, 0.15) is 23.9 Å². The zero-order valence-electron chi connectivity index (χ0n) is 15.9. The summed E-state index contributed by atoms with van der Waals surface area (Å²) in [4.78, 5) is 14.2. The van der Waals surface area contributed by atoms with Crippen LogP contribution in [0.25, 0.3) is 0 Å². The number of methoxy groups -OCH3 is 1. The van der Waals surface area contributed by atoms with Gasteiger partial charge in [0.25, 0.3) is 0 Å². The second kappa shape index (κ2) is 9.94. The number of rotatable bonds is 7. The number of nitrogens with one attached hydrogen (secondary N) is 1. The van der Waals surface area contributed by atoms with Crippen molar-refractivity contribution < 1.29 is 23.4 Å². The van der Waals surface area contributed by atoms with Crippen LogP contribution in [0.3, 0.4) is 0 Å². The van der Waals surface area contributed by atoms with Gasteiger partial charge in [-0.3, -0.25) is 0 Å². The predicted molar refractivity (Wildman–Crippen MR) is 104 cm³/mol. The highest BCUT2D eigenvalue weighted by Gasteiger charge is 2.23. The molecule has 1 N–H and O–H groups in total. The second-order valence-electron chi connectivity index (χ2n) is 6.52. The van der Waals surface area contributed by atoms with Gasteiger partial charge in [0, 0.05) is 18.8 Å². The number of hydrogen-bond donors (Lipinski definition) is 1. The van der Waals surface area contributed by atoms with Crippen molar-refractivity contribution in [2.24, 2.45) is 0 Å². The number of amides is 2. The molecule has 1 aliphatic heterocycles. The highest BCUT2D eigenvalue weighted by molar-refractivity contribution is 5.89. The topological polar surface area (TPSA) is 60.0 Å². The van der Waals surface area contributed by atoms with Crippen molar-refractivity contribution in [3.8, 4) is 11.5 Å². The van der Waals surface area contributed by atoms with E-state index in [2.05, 4.69) is 5.32 Å². The van der Waals surface area contributed by atoms with Crippen LogP contribution in [-0.2, 0) is 4.74 Å². The molecule has 7 heteroatoms. The molecule has 0 aromatic heterocycles. The van der Waals surface area contributed by atoms with Crippen LogP contribution < -0.4 is 14.8 Å². The number of anilines is 1. The molecule has 150 valence electrons. The van der Waals surface area contributed by atoms with Crippen molar-refractivity contribution in [1.82, 2.24) is 4.90 Å². The van der Waals surface area contributed by atoms with E-state index in [0.717, 1.165) is 24.3 Å². The fourth-order valence-corrected chi connectivity index (χ4v) is 3.01. The van der Waals surface area contributed by atoms with E-state index in [0.29, 0.717) is 32.1 Å². The summed E-state index contributed by atoms with van der Waals surface area (Å²) in [5.74, 6) is 1.08. The molecule has 1 heterocycles. The van der Waals surface area contributed by atoms with Gasteiger partial charge >= 0.3 is 6.03 Å². The Labute approximate surface area is 164 Å². The Balaban J connectivity index is 1.33. The van der Waals surface area contributed by atoms with Gasteiger partial charge in [0.05, 0.1) is 19.8 Å². The van der Waals surface area contributed by atoms with Gasteiger partial charge in [-0.15, -0.1) is 0 Å². The molecule has 2 amide bonds. The average Bonchev–Trinajstić information content (AvgIpc) is 2.73. The molecule has 1 fully saturated rings. The van der Waals surface area contributed by atoms with Crippen LogP contribution >= 0.6 is 0 Å². The first-order chi connectivity index (χ1) is 13.6. The van der Waals surface area contributed by atoms with Crippen molar-refractivity contribution in [3.05, 3.63) is 54.3 Å². The SMILES string of the molecule is COc1ccc(NC(=O)N2CCC(OCCOc3ccc(F)cc3)CC2)cc1. The highest BCUT2D eigenvalue weighted by Crippen LogP contribution is 2.18. The van der Waals surface area contributed by atoms with Gasteiger partial charge in [0.2, 0.25) is 0 Å². The van der Waals surface area contributed by atoms with Crippen LogP contribution in [0.2, 0.25) is 0 Å². The number of halogens is 1. The number of benzene rings is 2. The number of piperidine rings is 1. The molecule has 0 radical (unpaired) electrons. The molecule has 1 aliphatic rings. The number of nitrogens with zero attached hydrogens (tertiary/aromatic N) is 1. The molecule has 1 saturated heterocycles. The normalized spacial score (nSPS) is 14.6. The van der Waals surface area contributed by atoms with Gasteiger partial charge in [-0.05, 0) is 61.4 Å². The van der Waals surface area contributed by atoms with Crippen molar-refractivity contribution in [1.29, 1.82) is 0 Å². The third kappa shape index (κ3) is 5.85. The Morgan fingerprint density at radius 2 is 1.68 bits per heavy atom. The first-order valence-electron chi connectivity index (χ1n) is 9.34. The van der Waals surface area contributed by atoms with E-state index in [9.17, 15) is 9.18 Å². The van der Waals surface area contributed by atoms with Gasteiger partial charge in [-0.1, -0.05) is 0 Å². The van der Waals surface area contributed by atoms with Crippen molar-refractivity contribution in [2.75, 3.05) is 38.7 Å². The maximum absolute atomic E-state index is 12.8. The van der Waals surface area contributed by atoms with Crippen molar-refractivity contribution >= 4 is 11.7 Å². The number of carbonyl (C=O) groups excluding carboxylic acids is 1. The number of urea groups is 1. The quantitative estimate of drug-likeness (QED) is 0.731. The van der Waals surface area contributed by atoms with Crippen LogP contribution in [0.1, 0.15) is 12.8 Å². The Kier molecular flexibility index (Phi) is 7.08. The number of carbonyl (C=O) groups is 1. The molecule has 0 aliphatic carbocycles. The van der Waals surface area contributed by atoms with Gasteiger partial charge < -0.3 is 24.4 Å². The van der Waals surface area contributed by atoms with Gasteiger partial charge in [0.15, 0.2) is 0 Å². The standard InChI is InChI=1S/C21H25FN2O4/c1-26-18-8-4-17(5-9-18)23-21(25)24-12-10-20(11-13-24)28-15-14-27-19-6-2-16(22)3-7-19/h2-9,20H,10-15H2,1H3,(H,23,25). The monoisotopic (exact) mass is 388 g/mol. The first kappa shape index (κ1) is 19.9. The molecule has 0 atom stereocenters. The lowest BCUT2D eigenvalue weighted by atomic mass is 10.1. The van der Waals surface area contributed by atoms with E-state index in [1.807, 2.05) is 24.3 Å². The molecule has 2 aromatic carbocycles. The summed E-state index contributed by atoms with van der Waals surface area (Å²) in [5.41, 5.74) is 0.738. The van der Waals surface area contributed by atoms with Crippen LogP contribution in [0, 0.1) is 5.82 Å². The van der Waals surface area contributed by atoms with E-state index < -0.39 is 0 Å². The minimum atomic E-state index is -0.286. The average molecular weight is 388 g/mol. The largest absolute Gasteiger partial charge is 0.497 e. The predicted octanol–water partition coefficient (Wildman–Crippen LogP) is 3.93. The summed E-state index contributed by atoms with van der Waals surface area (Å²) in [6.07, 6.45) is 1.68. The van der Waals surface area contributed by atoms with Crippen molar-refractivity contribution in [3.63, 3.8) is 0 Å². The minimum absolute atomic E-state index is 0.108. The Hall–Kier alpha value is -2.80. The molecule has 2 aromatic rings. The van der Waals surface area contributed by atoms with Gasteiger partial charge in [-0.2, -0.15) is 0 Å². The van der Waals surface area contributed by atoms with E-state index in [4.69, 9.17) is 14.2 Å². The molecule has 28 heavy (non-hydrogen) atoms. The lowest BCUT2D eigenvalue weighted by Gasteiger charge is -2.32. The lowest BCUT2D eigenvalue weighted by Crippen LogP contribution is -2.43. The number of hydrogen-bond acceptors (Lipinski definition) is 4. The fourth-order valence-electron chi connectivity index (χ4n) is 3.01. The number of ether oxygens (including phenoxy) is 3. The Bertz CT molecular complexity index is 744. The summed E-state index contributed by atoms with van der Waals surface area (Å²) >= 11 is 0. The van der Waals surface area contributed by atoms with E-state index in [1.165, 1.54) is 12.1 Å². The minimum Gasteiger partial charge on any atom is -0.497 e. The molecule has 6 nitrogen and oxygen atoms in total. The molecule has 0 spiro atoms. The zero-order chi connectivity index (χ0) is 19.8. The first-order valence-corrected chi connectivity index (χ1v) is 9.34. The van der Waals surface area contributed by atoms with E-state index in [-0.39, 0.29) is 18.0 Å². The Morgan fingerprint density at radius 1 is 1.04 bits per heavy atom. The molecular formula is C21H25FN2O4. The second-order valence-corrected chi connectivity index (χ2v) is 6.52. The summed E-state index contributed by atoms with van der Waals surface area (Å²) in [7, 11) is 1.61. The molecule has 0 saturated carbocycles. The van der Waals surface area contributed by atoms with Crippen molar-refractivity contribution in [2.45, 2.75) is 18.9 Å². The molecule has 0 unspecified atom stereocenters. The van der Waals surface area contributed by atoms with Crippen LogP contribution in [0.4, 0.5) is 14.9 Å². The van der Waals surface area contributed by atoms with Gasteiger partial charge in [-0.25, -0.2) is 9.18 Å². The number of likely N-dealkylation sites (tertiary alicyclic amines) is 1. The van der Waals surface area contributed by atoms with Crippen LogP contribution in [0.15, 0.2) is 48.5 Å². The molecular weight excluding hydrogens is 363 g/mol. The van der Waals surface area contributed by atoms with E-state index >= 15 is 0 Å². The summed E-state index contributed by atoms with van der Waals surface area (Å²) in [5, 5.41) is 2.90. The van der Waals surface area contributed by atoms with E-state index in [1.54, 1.807) is 24.1 Å². The molecule has 0 bridgehead atoms. The highest BCUT2D eigenvalue weighted by atomic mass is 19.1. The summed E-state index contributed by atoms with van der Waals surface area (Å²) < 4.78 is 29.3. The molecule has 3 rings (SSSR count). The van der Waals surface area contributed by atoms with Crippen LogP contribution in [0.5, 0.6) is 11.5 Å². The maximum atomic E-state index is 12.8. The summed E-state index contributed by atoms with van der Waals surface area (Å²) in [6.45, 7) is 2.15. The van der Waals surface area contributed by atoms with Crippen LogP contribution in [-0.4, -0.2) is 50.4 Å². The Morgan fingerprint density at radius 3 is 2.32 bits per heavy atom. The smallest absolute Gasteiger partial charge is 0.321 e. The lowest BCUT2D eigenvalue weighted by molar-refractivity contribution is 0.00271. The zero-order valence-corrected chi connectivity index (χ0v) is 15.9. The third-order valence-corrected chi connectivity index (χ3v) is 4.59. The third-order valence-electron chi connectivity index (χ3n) is 4.59. The fraction of sp³-hybridized carbons (Fsp3) is 0.381. The maximum Gasteiger partial charge on any atom is 0.321 e. The summed E-state index contributed by atoms with van der Waals surface area (Å²) in [6, 6.07) is 13.0.